The number of aliphatic imine (C=N–C) groups is 1. The Bertz CT molecular complexity index is 735. The summed E-state index contributed by atoms with van der Waals surface area (Å²) in [4.78, 5) is 4.38. The first kappa shape index (κ1) is 22.6. The number of rotatable bonds is 3. The number of phenols is 1. The summed E-state index contributed by atoms with van der Waals surface area (Å²) in [6, 6.07) is 2.95. The van der Waals surface area contributed by atoms with Crippen LogP contribution in [0.15, 0.2) is 28.8 Å². The lowest BCUT2D eigenvalue weighted by atomic mass is 9.78. The third kappa shape index (κ3) is 4.63. The summed E-state index contributed by atoms with van der Waals surface area (Å²) in [5, 5.41) is 50.2. The molecular formula is C22H33NO5. The fourth-order valence-corrected chi connectivity index (χ4v) is 3.35. The Morgan fingerprint density at radius 3 is 1.86 bits per heavy atom. The third-order valence-corrected chi connectivity index (χ3v) is 5.11. The van der Waals surface area contributed by atoms with E-state index in [9.17, 15) is 25.5 Å². The van der Waals surface area contributed by atoms with E-state index < -0.39 is 31.0 Å². The van der Waals surface area contributed by atoms with Gasteiger partial charge >= 0.3 is 0 Å². The highest BCUT2D eigenvalue weighted by Crippen LogP contribution is 2.39. The summed E-state index contributed by atoms with van der Waals surface area (Å²) in [5.74, 6) is 0.274. The van der Waals surface area contributed by atoms with Crippen LogP contribution in [0.5, 0.6) is 5.75 Å². The number of benzene rings is 1. The first-order valence-electron chi connectivity index (χ1n) is 9.54. The lowest BCUT2D eigenvalue weighted by molar-refractivity contribution is -0.0592. The van der Waals surface area contributed by atoms with Crippen molar-refractivity contribution in [3.8, 4) is 5.75 Å². The first-order chi connectivity index (χ1) is 12.8. The van der Waals surface area contributed by atoms with E-state index in [4.69, 9.17) is 0 Å². The van der Waals surface area contributed by atoms with Crippen LogP contribution in [0.25, 0.3) is 0 Å². The molecule has 6 nitrogen and oxygen atoms in total. The maximum absolute atomic E-state index is 10.8. The smallest absolute Gasteiger partial charge is 0.123 e. The van der Waals surface area contributed by atoms with E-state index >= 15 is 0 Å². The molecule has 1 aromatic rings. The predicted octanol–water partition coefficient (Wildman–Crippen LogP) is 1.79. The zero-order valence-corrected chi connectivity index (χ0v) is 17.5. The van der Waals surface area contributed by atoms with Crippen molar-refractivity contribution in [2.75, 3.05) is 6.61 Å². The second kappa shape index (κ2) is 7.95. The minimum absolute atomic E-state index is 0.233. The quantitative estimate of drug-likeness (QED) is 0.398. The van der Waals surface area contributed by atoms with Gasteiger partial charge in [-0.05, 0) is 34.1 Å². The van der Waals surface area contributed by atoms with Crippen LogP contribution in [0.3, 0.4) is 0 Å². The summed E-state index contributed by atoms with van der Waals surface area (Å²) >= 11 is 0. The van der Waals surface area contributed by atoms with Crippen molar-refractivity contribution in [2.45, 2.75) is 76.7 Å². The van der Waals surface area contributed by atoms with E-state index in [0.29, 0.717) is 0 Å². The van der Waals surface area contributed by atoms with Gasteiger partial charge in [0, 0.05) is 17.3 Å². The maximum atomic E-state index is 10.8. The molecule has 2 rings (SSSR count). The molecule has 0 bridgehead atoms. The van der Waals surface area contributed by atoms with Gasteiger partial charge in [0.15, 0.2) is 0 Å². The van der Waals surface area contributed by atoms with Gasteiger partial charge in [0.05, 0.1) is 12.6 Å². The van der Waals surface area contributed by atoms with E-state index in [2.05, 4.69) is 4.99 Å². The van der Waals surface area contributed by atoms with E-state index in [1.54, 1.807) is 6.21 Å². The van der Waals surface area contributed by atoms with Crippen molar-refractivity contribution in [2.24, 2.45) is 4.99 Å². The predicted molar refractivity (Wildman–Crippen MR) is 110 cm³/mol. The molecule has 0 fully saturated rings. The van der Waals surface area contributed by atoms with Crippen LogP contribution >= 0.6 is 0 Å². The van der Waals surface area contributed by atoms with Gasteiger partial charge in [-0.3, -0.25) is 4.99 Å². The second-order valence-corrected chi connectivity index (χ2v) is 9.56. The molecule has 5 N–H and O–H groups in total. The lowest BCUT2D eigenvalue weighted by Gasteiger charge is -2.32. The maximum Gasteiger partial charge on any atom is 0.123 e. The average Bonchev–Trinajstić information content (AvgIpc) is 2.58. The molecular weight excluding hydrogens is 358 g/mol. The van der Waals surface area contributed by atoms with Gasteiger partial charge in [0.2, 0.25) is 0 Å². The molecule has 0 aromatic heterocycles. The number of hydrogen-bond donors (Lipinski definition) is 5. The lowest BCUT2D eigenvalue weighted by Crippen LogP contribution is -2.48. The van der Waals surface area contributed by atoms with Crippen LogP contribution in [0.2, 0.25) is 0 Å². The zero-order chi connectivity index (χ0) is 21.4. The molecule has 156 valence electrons. The highest BCUT2D eigenvalue weighted by Gasteiger charge is 2.36. The molecule has 4 atom stereocenters. The molecule has 1 aliphatic rings. The Morgan fingerprint density at radius 2 is 1.43 bits per heavy atom. The van der Waals surface area contributed by atoms with Crippen LogP contribution in [-0.4, -0.2) is 62.7 Å². The van der Waals surface area contributed by atoms with E-state index in [-0.39, 0.29) is 22.2 Å². The normalized spacial score (nSPS) is 26.6. The SMILES string of the molecule is CC(C)(C)c1cc(C=N[C@H]2C=C(CO)[C@@H](O)C(O)[C@H]2O)cc(C(C)(C)C)c1O. The Hall–Kier alpha value is -1.73. The zero-order valence-electron chi connectivity index (χ0n) is 17.5. The van der Waals surface area contributed by atoms with Crippen LogP contribution in [-0.2, 0) is 10.8 Å². The van der Waals surface area contributed by atoms with E-state index in [1.165, 1.54) is 6.08 Å². The minimum atomic E-state index is -1.41. The van der Waals surface area contributed by atoms with Crippen LogP contribution in [0.4, 0.5) is 0 Å². The molecule has 0 spiro atoms. The first-order valence-corrected chi connectivity index (χ1v) is 9.54. The number of aliphatic hydroxyl groups excluding tert-OH is 4. The summed E-state index contributed by atoms with van der Waals surface area (Å²) in [6.45, 7) is 11.7. The van der Waals surface area contributed by atoms with Crippen LogP contribution in [0, 0.1) is 0 Å². The number of hydrogen-bond acceptors (Lipinski definition) is 6. The minimum Gasteiger partial charge on any atom is -0.507 e. The highest BCUT2D eigenvalue weighted by molar-refractivity contribution is 5.82. The van der Waals surface area contributed by atoms with Gasteiger partial charge in [-0.15, -0.1) is 0 Å². The van der Waals surface area contributed by atoms with Gasteiger partial charge in [-0.25, -0.2) is 0 Å². The Kier molecular flexibility index (Phi) is 6.40. The van der Waals surface area contributed by atoms with Crippen molar-refractivity contribution in [1.29, 1.82) is 0 Å². The van der Waals surface area contributed by atoms with Crippen molar-refractivity contribution in [3.63, 3.8) is 0 Å². The average molecular weight is 392 g/mol. The Morgan fingerprint density at radius 1 is 0.929 bits per heavy atom. The summed E-state index contributed by atoms with van der Waals surface area (Å²) in [5.41, 5.74) is 2.04. The molecule has 0 amide bonds. The fourth-order valence-electron chi connectivity index (χ4n) is 3.35. The topological polar surface area (TPSA) is 114 Å². The molecule has 1 aromatic carbocycles. The van der Waals surface area contributed by atoms with Gasteiger partial charge in [-0.2, -0.15) is 0 Å². The van der Waals surface area contributed by atoms with Crippen molar-refractivity contribution < 1.29 is 25.5 Å². The standard InChI is InChI=1S/C22H33NO5/c1-21(2,3)14-7-12(8-15(18(14)26)22(4,5)6)10-23-16-9-13(11-24)17(25)20(28)19(16)27/h7-10,16-17,19-20,24-28H,11H2,1-6H3/t16-,17+,19-,20?/m0/s1. The second-order valence-electron chi connectivity index (χ2n) is 9.56. The van der Waals surface area contributed by atoms with Crippen LogP contribution < -0.4 is 0 Å². The monoisotopic (exact) mass is 391 g/mol. The van der Waals surface area contributed by atoms with Crippen molar-refractivity contribution in [1.82, 2.24) is 0 Å². The van der Waals surface area contributed by atoms with Crippen LogP contribution in [0.1, 0.15) is 58.2 Å². The molecule has 1 aliphatic carbocycles. The largest absolute Gasteiger partial charge is 0.507 e. The number of phenolic OH excluding ortho intramolecular Hbond substituents is 1. The summed E-state index contributed by atoms with van der Waals surface area (Å²) < 4.78 is 0. The molecule has 0 saturated heterocycles. The van der Waals surface area contributed by atoms with Crippen molar-refractivity contribution in [3.05, 3.63) is 40.5 Å². The Balaban J connectivity index is 2.49. The van der Waals surface area contributed by atoms with Gasteiger partial charge in [-0.1, -0.05) is 47.6 Å². The number of aliphatic hydroxyl groups is 4. The third-order valence-electron chi connectivity index (χ3n) is 5.11. The fraction of sp³-hybridized carbons (Fsp3) is 0.591. The molecule has 1 unspecified atom stereocenters. The molecule has 28 heavy (non-hydrogen) atoms. The number of aromatic hydroxyl groups is 1. The Labute approximate surface area is 166 Å². The van der Waals surface area contributed by atoms with Gasteiger partial charge in [0.25, 0.3) is 0 Å². The van der Waals surface area contributed by atoms with E-state index in [1.807, 2.05) is 53.7 Å². The van der Waals surface area contributed by atoms with E-state index in [0.717, 1.165) is 16.7 Å². The molecule has 0 radical (unpaired) electrons. The van der Waals surface area contributed by atoms with Crippen molar-refractivity contribution >= 4 is 6.21 Å². The summed E-state index contributed by atoms with van der Waals surface area (Å²) in [6.07, 6.45) is -0.922. The highest BCUT2D eigenvalue weighted by atomic mass is 16.4. The molecule has 0 saturated carbocycles. The van der Waals surface area contributed by atoms with Gasteiger partial charge in [0.1, 0.15) is 24.1 Å². The molecule has 6 heteroatoms. The summed E-state index contributed by atoms with van der Waals surface area (Å²) in [7, 11) is 0. The number of nitrogens with zero attached hydrogens (tertiary/aromatic N) is 1. The van der Waals surface area contributed by atoms with Gasteiger partial charge < -0.3 is 25.5 Å². The molecule has 0 heterocycles. The molecule has 0 aliphatic heterocycles.